The van der Waals surface area contributed by atoms with Gasteiger partial charge in [0.15, 0.2) is 6.61 Å². The first-order valence-corrected chi connectivity index (χ1v) is 9.52. The number of hydrogen-bond donors (Lipinski definition) is 1. The van der Waals surface area contributed by atoms with Gasteiger partial charge in [-0.1, -0.05) is 36.4 Å². The fraction of sp³-hybridized carbons (Fsp3) is 0.0952. The van der Waals surface area contributed by atoms with Gasteiger partial charge in [0.05, 0.1) is 5.56 Å². The molecule has 3 rings (SSSR count). The first-order chi connectivity index (χ1) is 12.9. The topological polar surface area (TPSA) is 26.3 Å². The SMILES string of the molecule is O=C(OCC(F)(F)F)c1ccc([SH](c2ccccc2)c2ccccc2)cc1. The van der Waals surface area contributed by atoms with Crippen LogP contribution in [-0.2, 0) is 4.74 Å². The van der Waals surface area contributed by atoms with Crippen LogP contribution in [0.1, 0.15) is 10.4 Å². The molecule has 6 heteroatoms. The highest BCUT2D eigenvalue weighted by molar-refractivity contribution is 8.17. The zero-order chi connectivity index (χ0) is 19.3. The molecule has 0 aromatic heterocycles. The van der Waals surface area contributed by atoms with E-state index >= 15 is 0 Å². The standard InChI is InChI=1S/C21H17F3O2S/c22-21(23,24)15-26-20(25)16-11-13-19(14-12-16)27(17-7-3-1-4-8-17)18-9-5-2-6-10-18/h1-14,27H,15H2. The average molecular weight is 390 g/mol. The minimum Gasteiger partial charge on any atom is -0.452 e. The highest BCUT2D eigenvalue weighted by atomic mass is 32.2. The van der Waals surface area contributed by atoms with Crippen molar-refractivity contribution < 1.29 is 22.7 Å². The molecule has 0 aliphatic heterocycles. The summed E-state index contributed by atoms with van der Waals surface area (Å²) in [5, 5.41) is 0. The van der Waals surface area contributed by atoms with E-state index in [2.05, 4.69) is 4.74 Å². The normalized spacial score (nSPS) is 11.7. The number of halogens is 3. The van der Waals surface area contributed by atoms with Gasteiger partial charge in [-0.2, -0.15) is 24.1 Å². The van der Waals surface area contributed by atoms with E-state index in [1.54, 1.807) is 12.1 Å². The van der Waals surface area contributed by atoms with Crippen LogP contribution in [0.5, 0.6) is 0 Å². The zero-order valence-corrected chi connectivity index (χ0v) is 15.1. The Morgan fingerprint density at radius 2 is 1.19 bits per heavy atom. The maximum absolute atomic E-state index is 12.2. The molecule has 0 fully saturated rings. The predicted molar refractivity (Wildman–Crippen MR) is 99.4 cm³/mol. The zero-order valence-electron chi connectivity index (χ0n) is 14.2. The molecule has 0 spiro atoms. The second-order valence-electron chi connectivity index (χ2n) is 5.74. The Balaban J connectivity index is 1.87. The summed E-state index contributed by atoms with van der Waals surface area (Å²) in [5.74, 6) is -0.984. The summed E-state index contributed by atoms with van der Waals surface area (Å²) in [6.07, 6.45) is -4.54. The molecule has 0 heterocycles. The van der Waals surface area contributed by atoms with Gasteiger partial charge in [-0.3, -0.25) is 0 Å². The van der Waals surface area contributed by atoms with Crippen LogP contribution in [0.15, 0.2) is 99.6 Å². The van der Waals surface area contributed by atoms with Crippen LogP contribution in [0, 0.1) is 0 Å². The lowest BCUT2D eigenvalue weighted by molar-refractivity contribution is -0.161. The highest BCUT2D eigenvalue weighted by Gasteiger charge is 2.29. The van der Waals surface area contributed by atoms with E-state index in [0.717, 1.165) is 14.7 Å². The summed E-state index contributed by atoms with van der Waals surface area (Å²) in [4.78, 5) is 15.1. The number of ether oxygens (including phenoxy) is 1. The van der Waals surface area contributed by atoms with E-state index in [1.807, 2.05) is 60.7 Å². The van der Waals surface area contributed by atoms with Crippen LogP contribution in [0.25, 0.3) is 0 Å². The van der Waals surface area contributed by atoms with Crippen LogP contribution in [0.2, 0.25) is 0 Å². The van der Waals surface area contributed by atoms with Gasteiger partial charge in [-0.05, 0) is 63.2 Å². The molecule has 0 aliphatic rings. The van der Waals surface area contributed by atoms with E-state index in [9.17, 15) is 18.0 Å². The van der Waals surface area contributed by atoms with Crippen molar-refractivity contribution in [1.82, 2.24) is 0 Å². The summed E-state index contributed by atoms with van der Waals surface area (Å²) >= 11 is 0. The molecule has 27 heavy (non-hydrogen) atoms. The van der Waals surface area contributed by atoms with Crippen molar-refractivity contribution in [1.29, 1.82) is 0 Å². The van der Waals surface area contributed by atoms with Crippen LogP contribution >= 0.6 is 10.9 Å². The second-order valence-corrected chi connectivity index (χ2v) is 7.96. The van der Waals surface area contributed by atoms with Crippen molar-refractivity contribution >= 4 is 16.9 Å². The number of carbonyl (C=O) groups is 1. The fourth-order valence-corrected chi connectivity index (χ4v) is 4.86. The van der Waals surface area contributed by atoms with E-state index in [-0.39, 0.29) is 5.56 Å². The lowest BCUT2D eigenvalue weighted by Crippen LogP contribution is -2.20. The number of benzene rings is 3. The average Bonchev–Trinajstić information content (AvgIpc) is 2.68. The largest absolute Gasteiger partial charge is 0.452 e. The van der Waals surface area contributed by atoms with Crippen molar-refractivity contribution in [2.45, 2.75) is 20.9 Å². The number of esters is 1. The molecule has 0 saturated carbocycles. The molecule has 3 aromatic rings. The van der Waals surface area contributed by atoms with Crippen molar-refractivity contribution in [3.05, 3.63) is 90.5 Å². The summed E-state index contributed by atoms with van der Waals surface area (Å²) in [6.45, 7) is -1.59. The van der Waals surface area contributed by atoms with Gasteiger partial charge in [-0.15, -0.1) is 0 Å². The number of carbonyl (C=O) groups excluding carboxylic acids is 1. The molecule has 0 unspecified atom stereocenters. The summed E-state index contributed by atoms with van der Waals surface area (Å²) in [7, 11) is -0.836. The quantitative estimate of drug-likeness (QED) is 0.435. The lowest BCUT2D eigenvalue weighted by Gasteiger charge is -2.23. The van der Waals surface area contributed by atoms with Crippen LogP contribution in [0.3, 0.4) is 0 Å². The molecular formula is C21H17F3O2S. The molecule has 140 valence electrons. The third kappa shape index (κ3) is 5.14. The van der Waals surface area contributed by atoms with Gasteiger partial charge in [-0.25, -0.2) is 4.79 Å². The highest BCUT2D eigenvalue weighted by Crippen LogP contribution is 2.50. The predicted octanol–water partition coefficient (Wildman–Crippen LogP) is 5.88. The third-order valence-electron chi connectivity index (χ3n) is 3.76. The molecule has 0 amide bonds. The molecule has 0 atom stereocenters. The van der Waals surface area contributed by atoms with Gasteiger partial charge in [0.25, 0.3) is 0 Å². The number of rotatable bonds is 5. The first-order valence-electron chi connectivity index (χ1n) is 8.18. The van der Waals surface area contributed by atoms with Gasteiger partial charge in [0.1, 0.15) is 0 Å². The van der Waals surface area contributed by atoms with E-state index in [1.165, 1.54) is 12.1 Å². The van der Waals surface area contributed by atoms with Crippen LogP contribution in [0.4, 0.5) is 13.2 Å². The molecule has 0 aliphatic carbocycles. The lowest BCUT2D eigenvalue weighted by atomic mass is 10.2. The maximum Gasteiger partial charge on any atom is 0.422 e. The number of thiol groups is 1. The molecule has 0 saturated heterocycles. The van der Waals surface area contributed by atoms with E-state index in [0.29, 0.717) is 0 Å². The number of hydrogen-bond acceptors (Lipinski definition) is 2. The van der Waals surface area contributed by atoms with Crippen molar-refractivity contribution in [2.75, 3.05) is 6.61 Å². The second kappa shape index (κ2) is 8.31. The monoisotopic (exact) mass is 390 g/mol. The van der Waals surface area contributed by atoms with Gasteiger partial charge in [0, 0.05) is 0 Å². The Labute approximate surface area is 158 Å². The van der Waals surface area contributed by atoms with Crippen molar-refractivity contribution in [2.24, 2.45) is 0 Å². The van der Waals surface area contributed by atoms with Crippen LogP contribution < -0.4 is 0 Å². The first kappa shape index (κ1) is 19.0. The van der Waals surface area contributed by atoms with Gasteiger partial charge < -0.3 is 4.74 Å². The third-order valence-corrected chi connectivity index (χ3v) is 6.20. The molecule has 2 nitrogen and oxygen atoms in total. The molecular weight excluding hydrogens is 373 g/mol. The maximum atomic E-state index is 12.2. The smallest absolute Gasteiger partial charge is 0.422 e. The Bertz CT molecular complexity index is 839. The van der Waals surface area contributed by atoms with E-state index < -0.39 is 29.6 Å². The summed E-state index contributed by atoms with van der Waals surface area (Å²) in [5.41, 5.74) is 0.0964. The Kier molecular flexibility index (Phi) is 5.86. The fourth-order valence-electron chi connectivity index (χ4n) is 2.58. The minimum atomic E-state index is -4.54. The Hall–Kier alpha value is -2.73. The van der Waals surface area contributed by atoms with Gasteiger partial charge >= 0.3 is 12.1 Å². The van der Waals surface area contributed by atoms with Crippen LogP contribution in [-0.4, -0.2) is 18.8 Å². The summed E-state index contributed by atoms with van der Waals surface area (Å²) in [6, 6.07) is 26.5. The van der Waals surface area contributed by atoms with Gasteiger partial charge in [0.2, 0.25) is 0 Å². The molecule has 0 radical (unpaired) electrons. The Morgan fingerprint density at radius 3 is 1.63 bits per heavy atom. The van der Waals surface area contributed by atoms with Crippen molar-refractivity contribution in [3.8, 4) is 0 Å². The molecule has 3 aromatic carbocycles. The van der Waals surface area contributed by atoms with Crippen molar-refractivity contribution in [3.63, 3.8) is 0 Å². The summed E-state index contributed by atoms with van der Waals surface area (Å²) < 4.78 is 40.9. The molecule has 0 bridgehead atoms. The molecule has 0 N–H and O–H groups in total. The van der Waals surface area contributed by atoms with E-state index in [4.69, 9.17) is 0 Å². The Morgan fingerprint density at radius 1 is 0.741 bits per heavy atom. The minimum absolute atomic E-state index is 0.0964. The number of alkyl halides is 3.